The summed E-state index contributed by atoms with van der Waals surface area (Å²) in [6.45, 7) is 0. The molecule has 0 bridgehead atoms. The van der Waals surface area contributed by atoms with Gasteiger partial charge in [0.15, 0.2) is 0 Å². The molecule has 56 valence electrons. The summed E-state index contributed by atoms with van der Waals surface area (Å²) in [4.78, 5) is 1.83. The molecular weight excluding hydrogens is 187 g/mol. The first-order chi connectivity index (χ1) is 3.81. The van der Waals surface area contributed by atoms with Crippen LogP contribution in [0.15, 0.2) is 0 Å². The fourth-order valence-electron chi connectivity index (χ4n) is 0.0437. The molecule has 0 unspecified atom stereocenters. The van der Waals surface area contributed by atoms with Gasteiger partial charge in [-0.25, -0.2) is 0 Å². The van der Waals surface area contributed by atoms with Crippen LogP contribution in [0.25, 0.3) is 0 Å². The van der Waals surface area contributed by atoms with Crippen molar-refractivity contribution in [3.8, 4) is 0 Å². The van der Waals surface area contributed by atoms with E-state index in [1.807, 2.05) is 4.94 Å². The van der Waals surface area contributed by atoms with Gasteiger partial charge in [0.25, 0.3) is 0 Å². The topological polar surface area (TPSA) is 9.23 Å². The lowest BCUT2D eigenvalue weighted by Gasteiger charge is -2.15. The Bertz CT molecular complexity index is 99.2. The highest BCUT2D eigenvalue weighted by atomic mass is 35.5. The molecule has 0 aliphatic heterocycles. The van der Waals surface area contributed by atoms with E-state index < -0.39 is 10.7 Å². The molecule has 0 saturated heterocycles. The van der Waals surface area contributed by atoms with Gasteiger partial charge < -0.3 is 0 Å². The minimum absolute atomic E-state index is 1.83. The zero-order valence-corrected chi connectivity index (χ0v) is 5.19. The molecule has 0 spiro atoms. The Balaban J connectivity index is 4.14. The van der Waals surface area contributed by atoms with Crippen LogP contribution in [-0.2, 0) is 4.94 Å². The van der Waals surface area contributed by atoms with Crippen LogP contribution in [0.1, 0.15) is 0 Å². The summed E-state index contributed by atoms with van der Waals surface area (Å²) in [6.07, 6.45) is -4.82. The molecule has 0 amide bonds. The Morgan fingerprint density at radius 1 is 1.11 bits per heavy atom. The maximum absolute atomic E-state index is 11.6. The Labute approximate surface area is 57.4 Å². The second kappa shape index (κ2) is 2.48. The molecule has 0 N–H and O–H groups in total. The molecule has 0 atom stereocenters. The Morgan fingerprint density at radius 3 is 1.44 bits per heavy atom. The molecule has 0 fully saturated rings. The van der Waals surface area contributed by atoms with Gasteiger partial charge in [0.1, 0.15) is 0 Å². The number of hydrogen-bond acceptors (Lipinski definition) is 1. The molecule has 0 aromatic rings. The third-order valence-electron chi connectivity index (χ3n) is 0.427. The lowest BCUT2D eigenvalue weighted by atomic mass is 10.7. The third kappa shape index (κ3) is 2.15. The number of halogens is 6. The van der Waals surface area contributed by atoms with E-state index in [1.165, 1.54) is 0 Å². The maximum Gasteiger partial charge on any atom is 0.448 e. The fraction of sp³-hybridized carbons (Fsp3) is 1.00. The second-order valence-electron chi connectivity index (χ2n) is 1.09. The van der Waals surface area contributed by atoms with Crippen LogP contribution in [0.2, 0.25) is 0 Å². The summed E-state index contributed by atoms with van der Waals surface area (Å²) in [6, 6.07) is 0. The van der Waals surface area contributed by atoms with E-state index in [-0.39, 0.29) is 0 Å². The van der Waals surface area contributed by atoms with E-state index in [0.29, 0.717) is 0 Å². The molecule has 0 heterocycles. The maximum atomic E-state index is 11.6. The first-order valence-electron chi connectivity index (χ1n) is 1.55. The van der Waals surface area contributed by atoms with E-state index in [0.717, 1.165) is 0 Å². The standard InChI is InChI=1S/C2Cl2F4O/c3-1(4,5)2(6,7)9-8. The van der Waals surface area contributed by atoms with E-state index in [4.69, 9.17) is 0 Å². The molecule has 0 aromatic heterocycles. The van der Waals surface area contributed by atoms with Crippen LogP contribution in [0.5, 0.6) is 0 Å². The minimum atomic E-state index is -4.82. The van der Waals surface area contributed by atoms with Crippen LogP contribution in [0.4, 0.5) is 17.7 Å². The summed E-state index contributed by atoms with van der Waals surface area (Å²) >= 11 is 8.22. The van der Waals surface area contributed by atoms with Gasteiger partial charge in [0.05, 0.1) is 0 Å². The van der Waals surface area contributed by atoms with Gasteiger partial charge in [0.2, 0.25) is 0 Å². The van der Waals surface area contributed by atoms with Crippen LogP contribution in [0.3, 0.4) is 0 Å². The van der Waals surface area contributed by atoms with Crippen molar-refractivity contribution >= 4 is 23.2 Å². The summed E-state index contributed by atoms with van der Waals surface area (Å²) < 4.78 is 41.0. The van der Waals surface area contributed by atoms with Crippen molar-refractivity contribution in [3.63, 3.8) is 0 Å². The highest BCUT2D eigenvalue weighted by Gasteiger charge is 2.56. The van der Waals surface area contributed by atoms with E-state index in [9.17, 15) is 17.7 Å². The van der Waals surface area contributed by atoms with Gasteiger partial charge >= 0.3 is 10.7 Å². The molecule has 0 saturated carbocycles. The van der Waals surface area contributed by atoms with Crippen molar-refractivity contribution in [3.05, 3.63) is 0 Å². The SMILES string of the molecule is FOC(F)(F)C(F)(Cl)Cl. The van der Waals surface area contributed by atoms with Gasteiger partial charge in [0, 0.05) is 0 Å². The van der Waals surface area contributed by atoms with Gasteiger partial charge in [-0.05, 0) is 4.53 Å². The number of alkyl halides is 5. The molecule has 0 aliphatic carbocycles. The molecule has 1 nitrogen and oxygen atoms in total. The van der Waals surface area contributed by atoms with Gasteiger partial charge in [-0.2, -0.15) is 13.2 Å². The van der Waals surface area contributed by atoms with E-state index in [1.54, 1.807) is 0 Å². The molecule has 0 rings (SSSR count). The van der Waals surface area contributed by atoms with Crippen molar-refractivity contribution in [1.82, 2.24) is 0 Å². The largest absolute Gasteiger partial charge is 0.448 e. The zero-order valence-electron chi connectivity index (χ0n) is 3.68. The van der Waals surface area contributed by atoms with Crippen molar-refractivity contribution < 1.29 is 22.6 Å². The summed E-state index contributed by atoms with van der Waals surface area (Å²) in [5, 5.41) is 0. The van der Waals surface area contributed by atoms with Gasteiger partial charge in [-0.15, -0.1) is 4.94 Å². The predicted octanol–water partition coefficient (Wildman–Crippen LogP) is 2.58. The van der Waals surface area contributed by atoms with Crippen molar-refractivity contribution in [1.29, 1.82) is 0 Å². The van der Waals surface area contributed by atoms with Gasteiger partial charge in [-0.1, -0.05) is 23.2 Å². The first kappa shape index (κ1) is 9.26. The monoisotopic (exact) mass is 186 g/mol. The first-order valence-corrected chi connectivity index (χ1v) is 2.31. The van der Waals surface area contributed by atoms with Gasteiger partial charge in [-0.3, -0.25) is 0 Å². The molecule has 0 aromatic carbocycles. The van der Waals surface area contributed by atoms with Crippen molar-refractivity contribution in [2.24, 2.45) is 0 Å². The van der Waals surface area contributed by atoms with Crippen LogP contribution in [-0.4, -0.2) is 10.7 Å². The smallest absolute Gasteiger partial charge is 0.198 e. The highest BCUT2D eigenvalue weighted by Crippen LogP contribution is 2.40. The number of rotatable bonds is 2. The molecular formula is C2Cl2F4O. The molecule has 7 heteroatoms. The lowest BCUT2D eigenvalue weighted by molar-refractivity contribution is -0.372. The van der Waals surface area contributed by atoms with Crippen molar-refractivity contribution in [2.45, 2.75) is 10.7 Å². The average molecular weight is 187 g/mol. The van der Waals surface area contributed by atoms with Crippen molar-refractivity contribution in [2.75, 3.05) is 0 Å². The molecule has 0 radical (unpaired) electrons. The highest BCUT2D eigenvalue weighted by molar-refractivity contribution is 6.47. The lowest BCUT2D eigenvalue weighted by Crippen LogP contribution is -2.34. The third-order valence-corrected chi connectivity index (χ3v) is 0.867. The summed E-state index contributed by atoms with van der Waals surface area (Å²) in [7, 11) is 0. The minimum Gasteiger partial charge on any atom is -0.198 e. The normalized spacial score (nSPS) is 14.0. The average Bonchev–Trinajstić information content (AvgIpc) is 1.64. The fourth-order valence-corrected chi connectivity index (χ4v) is 0.102. The predicted molar refractivity (Wildman–Crippen MR) is 22.7 cm³/mol. The summed E-state index contributed by atoms with van der Waals surface area (Å²) in [5.41, 5.74) is 0. The van der Waals surface area contributed by atoms with Crippen LogP contribution < -0.4 is 0 Å². The number of hydrogen-bond donors (Lipinski definition) is 0. The zero-order chi connectivity index (χ0) is 7.71. The molecule has 0 aliphatic rings. The van der Waals surface area contributed by atoms with Crippen LogP contribution >= 0.6 is 23.2 Å². The Morgan fingerprint density at radius 2 is 1.44 bits per heavy atom. The second-order valence-corrected chi connectivity index (χ2v) is 2.33. The molecule has 9 heavy (non-hydrogen) atoms. The van der Waals surface area contributed by atoms with E-state index >= 15 is 0 Å². The van der Waals surface area contributed by atoms with E-state index in [2.05, 4.69) is 23.2 Å². The quantitative estimate of drug-likeness (QED) is 0.476. The van der Waals surface area contributed by atoms with Crippen LogP contribution in [0, 0.1) is 0 Å². The Kier molecular flexibility index (Phi) is 2.55. The summed E-state index contributed by atoms with van der Waals surface area (Å²) in [5.74, 6) is 0. The Hall–Kier alpha value is 0.260.